The van der Waals surface area contributed by atoms with Gasteiger partial charge in [0, 0.05) is 6.08 Å². The molecule has 0 spiro atoms. The summed E-state index contributed by atoms with van der Waals surface area (Å²) in [5.74, 6) is -0.925. The zero-order chi connectivity index (χ0) is 10.8. The molecule has 4 heteroatoms. The summed E-state index contributed by atoms with van der Waals surface area (Å²) in [5.41, 5.74) is 0.822. The van der Waals surface area contributed by atoms with Crippen molar-refractivity contribution in [1.29, 1.82) is 0 Å². The molecule has 14 heavy (non-hydrogen) atoms. The van der Waals surface area contributed by atoms with Gasteiger partial charge in [-0.25, -0.2) is 4.79 Å². The van der Waals surface area contributed by atoms with Crippen molar-refractivity contribution in [2.75, 3.05) is 13.7 Å². The summed E-state index contributed by atoms with van der Waals surface area (Å²) in [6.45, 7) is 6.00. The third-order valence-corrected chi connectivity index (χ3v) is 2.06. The molecule has 0 aliphatic carbocycles. The number of esters is 1. The van der Waals surface area contributed by atoms with Gasteiger partial charge in [-0.05, 0) is 26.3 Å². The third kappa shape index (κ3) is 2.82. The van der Waals surface area contributed by atoms with Crippen LogP contribution < -0.4 is 0 Å². The van der Waals surface area contributed by atoms with Crippen LogP contribution in [0.4, 0.5) is 0 Å². The SMILES string of the molecule is COC(=O)/C=C(/C)[C@H]1COC(C)(C)O1. The second kappa shape index (κ2) is 4.11. The minimum atomic E-state index is -0.560. The molecular formula is C10H16O4. The summed E-state index contributed by atoms with van der Waals surface area (Å²) >= 11 is 0. The minimum Gasteiger partial charge on any atom is -0.466 e. The average Bonchev–Trinajstić information content (AvgIpc) is 2.46. The van der Waals surface area contributed by atoms with Gasteiger partial charge in [-0.1, -0.05) is 0 Å². The third-order valence-electron chi connectivity index (χ3n) is 2.06. The summed E-state index contributed by atoms with van der Waals surface area (Å²) in [7, 11) is 1.35. The van der Waals surface area contributed by atoms with Gasteiger partial charge in [0.15, 0.2) is 5.79 Å². The summed E-state index contributed by atoms with van der Waals surface area (Å²) in [4.78, 5) is 10.9. The first-order chi connectivity index (χ1) is 6.44. The van der Waals surface area contributed by atoms with Crippen LogP contribution in [0.15, 0.2) is 11.6 Å². The molecular weight excluding hydrogens is 184 g/mol. The van der Waals surface area contributed by atoms with Gasteiger partial charge in [0.25, 0.3) is 0 Å². The van der Waals surface area contributed by atoms with Crippen LogP contribution in [0.3, 0.4) is 0 Å². The van der Waals surface area contributed by atoms with E-state index in [9.17, 15) is 4.79 Å². The van der Waals surface area contributed by atoms with E-state index in [1.165, 1.54) is 13.2 Å². The Balaban J connectivity index is 2.59. The molecule has 0 amide bonds. The first kappa shape index (κ1) is 11.2. The van der Waals surface area contributed by atoms with Crippen molar-refractivity contribution < 1.29 is 19.0 Å². The second-order valence-electron chi connectivity index (χ2n) is 3.73. The number of ether oxygens (including phenoxy) is 3. The fourth-order valence-electron chi connectivity index (χ4n) is 1.25. The lowest BCUT2D eigenvalue weighted by molar-refractivity contribution is -0.137. The summed E-state index contributed by atoms with van der Waals surface area (Å²) in [6.07, 6.45) is 1.28. The van der Waals surface area contributed by atoms with Crippen molar-refractivity contribution >= 4 is 5.97 Å². The Morgan fingerprint density at radius 3 is 2.64 bits per heavy atom. The molecule has 0 saturated carbocycles. The maximum Gasteiger partial charge on any atom is 0.330 e. The van der Waals surface area contributed by atoms with E-state index in [0.717, 1.165) is 5.57 Å². The first-order valence-electron chi connectivity index (χ1n) is 4.52. The van der Waals surface area contributed by atoms with Gasteiger partial charge in [-0.2, -0.15) is 0 Å². The number of hydrogen-bond acceptors (Lipinski definition) is 4. The normalized spacial score (nSPS) is 26.3. The van der Waals surface area contributed by atoms with E-state index in [4.69, 9.17) is 9.47 Å². The Morgan fingerprint density at radius 2 is 2.21 bits per heavy atom. The van der Waals surface area contributed by atoms with Crippen LogP contribution in [-0.2, 0) is 19.0 Å². The number of hydrogen-bond donors (Lipinski definition) is 0. The predicted octanol–water partition coefficient (Wildman–Crippen LogP) is 1.26. The highest BCUT2D eigenvalue weighted by Crippen LogP contribution is 2.26. The molecule has 1 fully saturated rings. The fourth-order valence-corrected chi connectivity index (χ4v) is 1.25. The van der Waals surface area contributed by atoms with E-state index in [1.54, 1.807) is 0 Å². The van der Waals surface area contributed by atoms with Crippen LogP contribution in [-0.4, -0.2) is 31.6 Å². The van der Waals surface area contributed by atoms with Gasteiger partial charge < -0.3 is 14.2 Å². The van der Waals surface area contributed by atoms with Crippen molar-refractivity contribution in [1.82, 2.24) is 0 Å². The van der Waals surface area contributed by atoms with E-state index < -0.39 is 5.79 Å². The standard InChI is InChI=1S/C10H16O4/c1-7(5-9(11)12-4)8-6-13-10(2,3)14-8/h5,8H,6H2,1-4H3/b7-5-/t8-/m1/s1. The largest absolute Gasteiger partial charge is 0.466 e. The Bertz CT molecular complexity index is 255. The molecule has 0 aromatic carbocycles. The molecule has 0 aromatic rings. The lowest BCUT2D eigenvalue weighted by Gasteiger charge is -2.17. The number of methoxy groups -OCH3 is 1. The molecule has 0 bridgehead atoms. The first-order valence-corrected chi connectivity index (χ1v) is 4.52. The van der Waals surface area contributed by atoms with Gasteiger partial charge in [-0.15, -0.1) is 0 Å². The summed E-state index contributed by atoms with van der Waals surface area (Å²) in [5, 5.41) is 0. The molecule has 0 radical (unpaired) electrons. The maximum atomic E-state index is 10.9. The van der Waals surface area contributed by atoms with Gasteiger partial charge in [0.2, 0.25) is 0 Å². The van der Waals surface area contributed by atoms with Gasteiger partial charge in [-0.3, -0.25) is 0 Å². The highest BCUT2D eigenvalue weighted by Gasteiger charge is 2.33. The number of carbonyl (C=O) groups excluding carboxylic acids is 1. The summed E-state index contributed by atoms with van der Waals surface area (Å²) in [6, 6.07) is 0. The van der Waals surface area contributed by atoms with Gasteiger partial charge in [0.05, 0.1) is 13.7 Å². The zero-order valence-electron chi connectivity index (χ0n) is 8.99. The minimum absolute atomic E-state index is 0.149. The van der Waals surface area contributed by atoms with Crippen LogP contribution in [0.2, 0.25) is 0 Å². The van der Waals surface area contributed by atoms with E-state index in [1.807, 2.05) is 20.8 Å². The quantitative estimate of drug-likeness (QED) is 0.497. The number of rotatable bonds is 2. The highest BCUT2D eigenvalue weighted by molar-refractivity contribution is 5.82. The van der Waals surface area contributed by atoms with Gasteiger partial charge in [0.1, 0.15) is 6.10 Å². The lowest BCUT2D eigenvalue weighted by atomic mass is 10.2. The van der Waals surface area contributed by atoms with E-state index >= 15 is 0 Å². The molecule has 1 aliphatic rings. The Labute approximate surface area is 83.8 Å². The Morgan fingerprint density at radius 1 is 1.57 bits per heavy atom. The molecule has 1 aliphatic heterocycles. The van der Waals surface area contributed by atoms with Gasteiger partial charge >= 0.3 is 5.97 Å². The van der Waals surface area contributed by atoms with E-state index in [2.05, 4.69) is 4.74 Å². The molecule has 80 valence electrons. The smallest absolute Gasteiger partial charge is 0.330 e. The van der Waals surface area contributed by atoms with Crippen LogP contribution >= 0.6 is 0 Å². The van der Waals surface area contributed by atoms with Crippen LogP contribution in [0.1, 0.15) is 20.8 Å². The van der Waals surface area contributed by atoms with E-state index in [-0.39, 0.29) is 12.1 Å². The van der Waals surface area contributed by atoms with Crippen LogP contribution in [0.25, 0.3) is 0 Å². The average molecular weight is 200 g/mol. The molecule has 1 atom stereocenters. The summed E-state index contributed by atoms with van der Waals surface area (Å²) < 4.78 is 15.5. The van der Waals surface area contributed by atoms with Crippen molar-refractivity contribution in [2.24, 2.45) is 0 Å². The number of carbonyl (C=O) groups is 1. The molecule has 1 rings (SSSR count). The van der Waals surface area contributed by atoms with Crippen molar-refractivity contribution in [3.05, 3.63) is 11.6 Å². The second-order valence-corrected chi connectivity index (χ2v) is 3.73. The molecule has 1 heterocycles. The fraction of sp³-hybridized carbons (Fsp3) is 0.700. The van der Waals surface area contributed by atoms with Crippen LogP contribution in [0.5, 0.6) is 0 Å². The topological polar surface area (TPSA) is 44.8 Å². The van der Waals surface area contributed by atoms with Crippen molar-refractivity contribution in [3.63, 3.8) is 0 Å². The maximum absolute atomic E-state index is 10.9. The zero-order valence-corrected chi connectivity index (χ0v) is 8.99. The van der Waals surface area contributed by atoms with Crippen LogP contribution in [0, 0.1) is 0 Å². The molecule has 1 saturated heterocycles. The van der Waals surface area contributed by atoms with Crippen molar-refractivity contribution in [3.8, 4) is 0 Å². The lowest BCUT2D eigenvalue weighted by Crippen LogP contribution is -2.22. The van der Waals surface area contributed by atoms with E-state index in [0.29, 0.717) is 6.61 Å². The Hall–Kier alpha value is -0.870. The molecule has 4 nitrogen and oxygen atoms in total. The van der Waals surface area contributed by atoms with Crippen molar-refractivity contribution in [2.45, 2.75) is 32.7 Å². The monoisotopic (exact) mass is 200 g/mol. The highest BCUT2D eigenvalue weighted by atomic mass is 16.7. The molecule has 0 unspecified atom stereocenters. The predicted molar refractivity (Wildman–Crippen MR) is 50.7 cm³/mol. The molecule has 0 aromatic heterocycles. The molecule has 0 N–H and O–H groups in total. The Kier molecular flexibility index (Phi) is 3.29.